The largest absolute Gasteiger partial charge is 0.493 e. The van der Waals surface area contributed by atoms with Crippen molar-refractivity contribution in [3.05, 3.63) is 29.3 Å². The zero-order valence-corrected chi connectivity index (χ0v) is 13.0. The number of hydrogen-bond donors (Lipinski definition) is 1. The highest BCUT2D eigenvalue weighted by Gasteiger charge is 2.21. The molecule has 0 unspecified atom stereocenters. The predicted molar refractivity (Wildman–Crippen MR) is 82.4 cm³/mol. The van der Waals surface area contributed by atoms with Gasteiger partial charge in [-0.05, 0) is 49.8 Å². The second-order valence-corrected chi connectivity index (χ2v) is 5.80. The van der Waals surface area contributed by atoms with Crippen LogP contribution in [0.25, 0.3) is 0 Å². The number of rotatable bonds is 5. The number of aliphatic hydroxyl groups excluding tert-OH is 1. The number of ether oxygens (including phenoxy) is 1. The molecule has 116 valence electrons. The van der Waals surface area contributed by atoms with Crippen LogP contribution in [0.15, 0.2) is 18.2 Å². The normalized spacial score (nSPS) is 16.0. The van der Waals surface area contributed by atoms with Crippen molar-refractivity contribution >= 4 is 5.91 Å². The van der Waals surface area contributed by atoms with Crippen molar-refractivity contribution < 1.29 is 14.6 Å². The van der Waals surface area contributed by atoms with Crippen LogP contribution < -0.4 is 4.74 Å². The van der Waals surface area contributed by atoms with E-state index in [1.54, 1.807) is 0 Å². The second-order valence-electron chi connectivity index (χ2n) is 5.80. The molecule has 0 bridgehead atoms. The van der Waals surface area contributed by atoms with Gasteiger partial charge in [0, 0.05) is 19.7 Å². The summed E-state index contributed by atoms with van der Waals surface area (Å²) in [4.78, 5) is 14.0. The second kappa shape index (κ2) is 7.46. The van der Waals surface area contributed by atoms with E-state index in [4.69, 9.17) is 9.84 Å². The maximum atomic E-state index is 12.1. The van der Waals surface area contributed by atoms with Gasteiger partial charge in [0.05, 0.1) is 13.0 Å². The van der Waals surface area contributed by atoms with Gasteiger partial charge in [-0.1, -0.05) is 12.1 Å². The molecule has 4 nitrogen and oxygen atoms in total. The molecular weight excluding hydrogens is 266 g/mol. The Morgan fingerprint density at radius 3 is 2.71 bits per heavy atom. The van der Waals surface area contributed by atoms with Gasteiger partial charge in [-0.15, -0.1) is 0 Å². The van der Waals surface area contributed by atoms with E-state index in [1.165, 1.54) is 5.56 Å². The monoisotopic (exact) mass is 291 g/mol. The third-order valence-electron chi connectivity index (χ3n) is 4.35. The van der Waals surface area contributed by atoms with Crippen molar-refractivity contribution in [3.8, 4) is 5.75 Å². The highest BCUT2D eigenvalue weighted by atomic mass is 16.5. The maximum absolute atomic E-state index is 12.1. The van der Waals surface area contributed by atoms with Crippen molar-refractivity contribution in [1.82, 2.24) is 4.90 Å². The highest BCUT2D eigenvalue weighted by molar-refractivity contribution is 5.76. The number of carbonyl (C=O) groups excluding carboxylic acids is 1. The van der Waals surface area contributed by atoms with E-state index < -0.39 is 0 Å². The fourth-order valence-electron chi connectivity index (χ4n) is 2.65. The number of amides is 1. The van der Waals surface area contributed by atoms with E-state index in [2.05, 4.69) is 13.0 Å². The summed E-state index contributed by atoms with van der Waals surface area (Å²) in [5, 5.41) is 9.11. The molecule has 1 heterocycles. The van der Waals surface area contributed by atoms with Crippen molar-refractivity contribution in [2.75, 3.05) is 26.3 Å². The van der Waals surface area contributed by atoms with E-state index in [0.717, 1.165) is 37.2 Å². The van der Waals surface area contributed by atoms with Crippen LogP contribution >= 0.6 is 0 Å². The van der Waals surface area contributed by atoms with Crippen molar-refractivity contribution in [2.45, 2.75) is 33.1 Å². The molecule has 2 rings (SSSR count). The topological polar surface area (TPSA) is 49.8 Å². The lowest BCUT2D eigenvalue weighted by Crippen LogP contribution is -2.39. The minimum atomic E-state index is 0.150. The predicted octanol–water partition coefficient (Wildman–Crippen LogP) is 2.30. The first-order chi connectivity index (χ1) is 10.1. The Balaban J connectivity index is 1.76. The summed E-state index contributed by atoms with van der Waals surface area (Å²) in [6.45, 7) is 6.26. The Morgan fingerprint density at radius 2 is 2.05 bits per heavy atom. The standard InChI is InChI=1S/C17H25NO3/c1-13-4-3-5-16(14(13)2)21-11-8-17(20)18-9-6-15(12-19)7-10-18/h3-5,15,19H,6-12H2,1-2H3. The molecule has 0 radical (unpaired) electrons. The number of piperidine rings is 1. The lowest BCUT2D eigenvalue weighted by Gasteiger charge is -2.31. The number of likely N-dealkylation sites (tertiary alicyclic amines) is 1. The molecule has 21 heavy (non-hydrogen) atoms. The van der Waals surface area contributed by atoms with Crippen LogP contribution in [0, 0.1) is 19.8 Å². The van der Waals surface area contributed by atoms with Crippen molar-refractivity contribution in [1.29, 1.82) is 0 Å². The number of hydrogen-bond acceptors (Lipinski definition) is 3. The lowest BCUT2D eigenvalue weighted by atomic mass is 9.98. The summed E-state index contributed by atoms with van der Waals surface area (Å²) in [6.07, 6.45) is 2.22. The quantitative estimate of drug-likeness (QED) is 0.905. The molecule has 1 N–H and O–H groups in total. The van der Waals surface area contributed by atoms with E-state index in [9.17, 15) is 4.79 Å². The van der Waals surface area contributed by atoms with Crippen LogP contribution in [-0.4, -0.2) is 42.2 Å². The van der Waals surface area contributed by atoms with E-state index >= 15 is 0 Å². The zero-order chi connectivity index (χ0) is 15.2. The fraction of sp³-hybridized carbons (Fsp3) is 0.588. The number of carbonyl (C=O) groups is 1. The van der Waals surface area contributed by atoms with Crippen molar-refractivity contribution in [2.24, 2.45) is 5.92 Å². The SMILES string of the molecule is Cc1cccc(OCCC(=O)N2CCC(CO)CC2)c1C. The third-order valence-corrected chi connectivity index (χ3v) is 4.35. The van der Waals surface area contributed by atoms with Gasteiger partial charge in [0.2, 0.25) is 5.91 Å². The first-order valence-corrected chi connectivity index (χ1v) is 7.69. The van der Waals surface area contributed by atoms with Gasteiger partial charge in [-0.3, -0.25) is 4.79 Å². The number of aryl methyl sites for hydroxylation is 1. The molecule has 1 fully saturated rings. The molecule has 0 aliphatic carbocycles. The molecule has 1 aliphatic heterocycles. The summed E-state index contributed by atoms with van der Waals surface area (Å²) in [7, 11) is 0. The Hall–Kier alpha value is -1.55. The molecule has 1 aliphatic rings. The Morgan fingerprint density at radius 1 is 1.33 bits per heavy atom. The summed E-state index contributed by atoms with van der Waals surface area (Å²) in [6, 6.07) is 5.97. The minimum Gasteiger partial charge on any atom is -0.493 e. The smallest absolute Gasteiger partial charge is 0.225 e. The van der Waals surface area contributed by atoms with Crippen LogP contribution in [0.1, 0.15) is 30.4 Å². The van der Waals surface area contributed by atoms with E-state index in [-0.39, 0.29) is 12.5 Å². The van der Waals surface area contributed by atoms with Crippen LogP contribution in [0.3, 0.4) is 0 Å². The van der Waals surface area contributed by atoms with E-state index in [1.807, 2.05) is 24.0 Å². The Labute approximate surface area is 126 Å². The Kier molecular flexibility index (Phi) is 5.62. The third kappa shape index (κ3) is 4.21. The number of benzene rings is 1. The van der Waals surface area contributed by atoms with E-state index in [0.29, 0.717) is 18.9 Å². The highest BCUT2D eigenvalue weighted by Crippen LogP contribution is 2.21. The molecule has 1 saturated heterocycles. The molecule has 0 aromatic heterocycles. The zero-order valence-electron chi connectivity index (χ0n) is 13.0. The van der Waals surface area contributed by atoms with Gasteiger partial charge in [0.1, 0.15) is 5.75 Å². The molecular formula is C17H25NO3. The average molecular weight is 291 g/mol. The van der Waals surface area contributed by atoms with Gasteiger partial charge in [0.25, 0.3) is 0 Å². The van der Waals surface area contributed by atoms with Crippen LogP contribution in [-0.2, 0) is 4.79 Å². The molecule has 4 heteroatoms. The number of aliphatic hydroxyl groups is 1. The van der Waals surface area contributed by atoms with Crippen LogP contribution in [0.2, 0.25) is 0 Å². The molecule has 0 saturated carbocycles. The van der Waals surface area contributed by atoms with Crippen LogP contribution in [0.5, 0.6) is 5.75 Å². The maximum Gasteiger partial charge on any atom is 0.225 e. The fourth-order valence-corrected chi connectivity index (χ4v) is 2.65. The average Bonchev–Trinajstić information content (AvgIpc) is 2.51. The Bertz CT molecular complexity index is 479. The summed E-state index contributed by atoms with van der Waals surface area (Å²) >= 11 is 0. The van der Waals surface area contributed by atoms with Gasteiger partial charge in [-0.25, -0.2) is 0 Å². The summed E-state index contributed by atoms with van der Waals surface area (Å²) in [5.41, 5.74) is 2.33. The molecule has 0 spiro atoms. The van der Waals surface area contributed by atoms with Gasteiger partial charge < -0.3 is 14.7 Å². The first kappa shape index (κ1) is 15.8. The number of nitrogens with zero attached hydrogens (tertiary/aromatic N) is 1. The summed E-state index contributed by atoms with van der Waals surface area (Å²) < 4.78 is 5.73. The van der Waals surface area contributed by atoms with Gasteiger partial charge in [0.15, 0.2) is 0 Å². The van der Waals surface area contributed by atoms with Crippen LogP contribution in [0.4, 0.5) is 0 Å². The van der Waals surface area contributed by atoms with Crippen molar-refractivity contribution in [3.63, 3.8) is 0 Å². The van der Waals surface area contributed by atoms with Gasteiger partial charge >= 0.3 is 0 Å². The molecule has 0 atom stereocenters. The minimum absolute atomic E-state index is 0.150. The molecule has 1 aromatic carbocycles. The molecule has 1 aromatic rings. The van der Waals surface area contributed by atoms with Gasteiger partial charge in [-0.2, -0.15) is 0 Å². The molecule has 1 amide bonds. The lowest BCUT2D eigenvalue weighted by molar-refractivity contribution is -0.133. The summed E-state index contributed by atoms with van der Waals surface area (Å²) in [5.74, 6) is 1.37. The first-order valence-electron chi connectivity index (χ1n) is 7.69.